The fourth-order valence-electron chi connectivity index (χ4n) is 1.77. The number of anilines is 1. The highest BCUT2D eigenvalue weighted by Crippen LogP contribution is 2.22. The highest BCUT2D eigenvalue weighted by atomic mass is 32.1. The van der Waals surface area contributed by atoms with Gasteiger partial charge >= 0.3 is 5.97 Å². The van der Waals surface area contributed by atoms with E-state index in [2.05, 4.69) is 4.98 Å². The molecule has 1 N–H and O–H groups in total. The van der Waals surface area contributed by atoms with Gasteiger partial charge in [-0.3, -0.25) is 0 Å². The molecular formula is C13H13FN2O2S. The zero-order valence-electron chi connectivity index (χ0n) is 10.3. The van der Waals surface area contributed by atoms with Gasteiger partial charge in [-0.15, -0.1) is 11.3 Å². The quantitative estimate of drug-likeness (QED) is 0.914. The minimum Gasteiger partial charge on any atom is -0.478 e. The number of thiophene rings is 1. The van der Waals surface area contributed by atoms with Gasteiger partial charge in [0.1, 0.15) is 17.2 Å². The maximum absolute atomic E-state index is 13.1. The normalized spacial score (nSPS) is 10.4. The van der Waals surface area contributed by atoms with E-state index >= 15 is 0 Å². The van der Waals surface area contributed by atoms with Gasteiger partial charge in [0.25, 0.3) is 0 Å². The van der Waals surface area contributed by atoms with E-state index in [1.165, 1.54) is 0 Å². The fraction of sp³-hybridized carbons (Fsp3) is 0.231. The molecule has 0 aliphatic heterocycles. The van der Waals surface area contributed by atoms with Gasteiger partial charge in [0.2, 0.25) is 0 Å². The molecule has 0 bridgehead atoms. The van der Waals surface area contributed by atoms with Crippen molar-refractivity contribution in [3.05, 3.63) is 46.0 Å². The largest absolute Gasteiger partial charge is 0.478 e. The summed E-state index contributed by atoms with van der Waals surface area (Å²) in [4.78, 5) is 18.0. The maximum Gasteiger partial charge on any atom is 0.339 e. The Morgan fingerprint density at radius 2 is 2.37 bits per heavy atom. The molecule has 2 heterocycles. The number of hydrogen-bond donors (Lipinski definition) is 1. The number of carbonyl (C=O) groups is 1. The number of aromatic nitrogens is 1. The molecule has 0 aromatic carbocycles. The summed E-state index contributed by atoms with van der Waals surface area (Å²) in [6.07, 6.45) is 1.04. The number of halogens is 1. The highest BCUT2D eigenvalue weighted by Gasteiger charge is 2.18. The van der Waals surface area contributed by atoms with Crippen LogP contribution in [-0.2, 0) is 6.54 Å². The molecule has 0 spiro atoms. The molecule has 100 valence electrons. The lowest BCUT2D eigenvalue weighted by Gasteiger charge is -2.22. The topological polar surface area (TPSA) is 53.4 Å². The lowest BCUT2D eigenvalue weighted by atomic mass is 10.2. The van der Waals surface area contributed by atoms with Crippen LogP contribution in [0, 0.1) is 5.82 Å². The first kappa shape index (κ1) is 13.5. The summed E-state index contributed by atoms with van der Waals surface area (Å²) in [5, 5.41) is 11.1. The van der Waals surface area contributed by atoms with Crippen molar-refractivity contribution in [3.8, 4) is 0 Å². The number of nitrogens with zero attached hydrogens (tertiary/aromatic N) is 2. The second kappa shape index (κ2) is 5.79. The number of rotatable bonds is 5. The third-order valence-corrected chi connectivity index (χ3v) is 3.53. The molecule has 0 amide bonds. The van der Waals surface area contributed by atoms with E-state index in [4.69, 9.17) is 5.11 Å². The monoisotopic (exact) mass is 280 g/mol. The summed E-state index contributed by atoms with van der Waals surface area (Å²) in [5.74, 6) is -1.52. The molecule has 2 rings (SSSR count). The Labute approximate surface area is 114 Å². The lowest BCUT2D eigenvalue weighted by molar-refractivity contribution is 0.0696. The minimum atomic E-state index is -1.17. The van der Waals surface area contributed by atoms with Crippen LogP contribution in [0.4, 0.5) is 10.2 Å². The SMILES string of the molecule is CCN(Cc1cccs1)c1ncc(F)cc1C(=O)O. The van der Waals surface area contributed by atoms with Crippen LogP contribution in [0.3, 0.4) is 0 Å². The van der Waals surface area contributed by atoms with Crippen LogP contribution in [-0.4, -0.2) is 22.6 Å². The molecule has 0 radical (unpaired) electrons. The van der Waals surface area contributed by atoms with Crippen molar-refractivity contribution in [1.29, 1.82) is 0 Å². The number of carboxylic acid groups (broad SMARTS) is 1. The first-order valence-corrected chi connectivity index (χ1v) is 6.66. The minimum absolute atomic E-state index is 0.113. The molecular weight excluding hydrogens is 267 g/mol. The summed E-state index contributed by atoms with van der Waals surface area (Å²) >= 11 is 1.59. The first-order valence-electron chi connectivity index (χ1n) is 5.78. The third-order valence-electron chi connectivity index (χ3n) is 2.67. The third kappa shape index (κ3) is 3.08. The molecule has 4 nitrogen and oxygen atoms in total. The van der Waals surface area contributed by atoms with E-state index in [-0.39, 0.29) is 5.56 Å². The summed E-state index contributed by atoms with van der Waals surface area (Å²) in [7, 11) is 0. The van der Waals surface area contributed by atoms with Crippen LogP contribution in [0.5, 0.6) is 0 Å². The van der Waals surface area contributed by atoms with Crippen LogP contribution >= 0.6 is 11.3 Å². The first-order chi connectivity index (χ1) is 9.11. The van der Waals surface area contributed by atoms with E-state index in [0.717, 1.165) is 17.1 Å². The number of aromatic carboxylic acids is 1. The Kier molecular flexibility index (Phi) is 4.11. The molecule has 19 heavy (non-hydrogen) atoms. The van der Waals surface area contributed by atoms with Crippen molar-refractivity contribution < 1.29 is 14.3 Å². The van der Waals surface area contributed by atoms with Crippen molar-refractivity contribution in [2.75, 3.05) is 11.4 Å². The second-order valence-electron chi connectivity index (χ2n) is 3.92. The van der Waals surface area contributed by atoms with Gasteiger partial charge in [-0.05, 0) is 24.4 Å². The Bertz CT molecular complexity index is 572. The molecule has 0 saturated carbocycles. The molecule has 0 saturated heterocycles. The molecule has 0 unspecified atom stereocenters. The Morgan fingerprint density at radius 1 is 1.58 bits per heavy atom. The predicted octanol–water partition coefficient (Wildman–Crippen LogP) is 3.01. The molecule has 0 aliphatic carbocycles. The summed E-state index contributed by atoms with van der Waals surface area (Å²) < 4.78 is 13.1. The van der Waals surface area contributed by atoms with E-state index in [0.29, 0.717) is 18.9 Å². The standard InChI is InChI=1S/C13H13FN2O2S/c1-2-16(8-10-4-3-5-19-10)12-11(13(17)18)6-9(14)7-15-12/h3-7H,2,8H2,1H3,(H,17,18). The van der Waals surface area contributed by atoms with Gasteiger partial charge in [0.15, 0.2) is 0 Å². The van der Waals surface area contributed by atoms with Crippen molar-refractivity contribution >= 4 is 23.1 Å². The summed E-state index contributed by atoms with van der Waals surface area (Å²) in [5.41, 5.74) is -0.113. The smallest absolute Gasteiger partial charge is 0.339 e. The van der Waals surface area contributed by atoms with Crippen LogP contribution in [0.1, 0.15) is 22.2 Å². The molecule has 0 atom stereocenters. The average Bonchev–Trinajstić information content (AvgIpc) is 2.89. The van der Waals surface area contributed by atoms with E-state index in [1.807, 2.05) is 29.3 Å². The van der Waals surface area contributed by atoms with Crippen LogP contribution in [0.2, 0.25) is 0 Å². The molecule has 0 aliphatic rings. The van der Waals surface area contributed by atoms with Crippen molar-refractivity contribution in [2.24, 2.45) is 0 Å². The van der Waals surface area contributed by atoms with E-state index < -0.39 is 11.8 Å². The van der Waals surface area contributed by atoms with E-state index in [1.54, 1.807) is 11.3 Å². The zero-order valence-corrected chi connectivity index (χ0v) is 11.2. The van der Waals surface area contributed by atoms with Crippen molar-refractivity contribution in [2.45, 2.75) is 13.5 Å². The van der Waals surface area contributed by atoms with Crippen LogP contribution in [0.15, 0.2) is 29.8 Å². The van der Waals surface area contributed by atoms with Crippen LogP contribution in [0.25, 0.3) is 0 Å². The Balaban J connectivity index is 2.35. The van der Waals surface area contributed by atoms with Gasteiger partial charge < -0.3 is 10.0 Å². The Hall–Kier alpha value is -1.95. The predicted molar refractivity (Wildman–Crippen MR) is 72.2 cm³/mol. The van der Waals surface area contributed by atoms with E-state index in [9.17, 15) is 9.18 Å². The van der Waals surface area contributed by atoms with Crippen LogP contribution < -0.4 is 4.90 Å². The van der Waals surface area contributed by atoms with Gasteiger partial charge in [-0.1, -0.05) is 6.07 Å². The van der Waals surface area contributed by atoms with Crippen molar-refractivity contribution in [3.63, 3.8) is 0 Å². The van der Waals surface area contributed by atoms with Gasteiger partial charge in [-0.2, -0.15) is 0 Å². The number of hydrogen-bond acceptors (Lipinski definition) is 4. The lowest BCUT2D eigenvalue weighted by Crippen LogP contribution is -2.25. The molecule has 2 aromatic rings. The van der Waals surface area contributed by atoms with Gasteiger partial charge in [-0.25, -0.2) is 14.2 Å². The summed E-state index contributed by atoms with van der Waals surface area (Å²) in [6, 6.07) is 4.91. The van der Waals surface area contributed by atoms with Gasteiger partial charge in [0.05, 0.1) is 12.7 Å². The average molecular weight is 280 g/mol. The molecule has 0 fully saturated rings. The second-order valence-corrected chi connectivity index (χ2v) is 4.96. The maximum atomic E-state index is 13.1. The number of carboxylic acids is 1. The molecule has 2 aromatic heterocycles. The highest BCUT2D eigenvalue weighted by molar-refractivity contribution is 7.09. The zero-order chi connectivity index (χ0) is 13.8. The molecule has 6 heteroatoms. The number of pyridine rings is 1. The summed E-state index contributed by atoms with van der Waals surface area (Å²) in [6.45, 7) is 3.06. The van der Waals surface area contributed by atoms with Gasteiger partial charge in [0, 0.05) is 11.4 Å². The Morgan fingerprint density at radius 3 is 2.95 bits per heavy atom. The fourth-order valence-corrected chi connectivity index (χ4v) is 2.49. The van der Waals surface area contributed by atoms with Crippen molar-refractivity contribution in [1.82, 2.24) is 4.98 Å².